The molecule has 0 bridgehead atoms. The van der Waals surface area contributed by atoms with Crippen molar-refractivity contribution >= 4 is 0 Å². The average molecular weight is 373 g/mol. The lowest BCUT2D eigenvalue weighted by Crippen LogP contribution is -2.30. The van der Waals surface area contributed by atoms with Gasteiger partial charge in [0.25, 0.3) is 0 Å². The summed E-state index contributed by atoms with van der Waals surface area (Å²) in [5, 5.41) is 18.9. The number of aliphatic hydroxyl groups is 2. The smallest absolute Gasteiger partial charge is 0.107 e. The minimum Gasteiger partial charge on any atom is -0.392 e. The van der Waals surface area contributed by atoms with Gasteiger partial charge in [-0.15, -0.1) is 0 Å². The van der Waals surface area contributed by atoms with E-state index in [9.17, 15) is 9.50 Å². The van der Waals surface area contributed by atoms with Crippen LogP contribution in [0.15, 0.2) is 59.3 Å². The Morgan fingerprint density at radius 3 is 2.93 bits per heavy atom. The van der Waals surface area contributed by atoms with Crippen LogP contribution in [0.4, 0.5) is 4.39 Å². The number of halogens is 1. The van der Waals surface area contributed by atoms with Gasteiger partial charge in [-0.2, -0.15) is 0 Å². The van der Waals surface area contributed by atoms with E-state index >= 15 is 0 Å². The molecule has 2 saturated carbocycles. The lowest BCUT2D eigenvalue weighted by molar-refractivity contribution is 0.142. The highest BCUT2D eigenvalue weighted by Gasteiger charge is 2.44. The summed E-state index contributed by atoms with van der Waals surface area (Å²) >= 11 is 0. The fourth-order valence-corrected chi connectivity index (χ4v) is 5.16. The molecule has 0 amide bonds. The van der Waals surface area contributed by atoms with Crippen molar-refractivity contribution in [2.24, 2.45) is 11.3 Å². The number of alkyl halides is 1. The third kappa shape index (κ3) is 4.35. The summed E-state index contributed by atoms with van der Waals surface area (Å²) in [4.78, 5) is 0. The van der Waals surface area contributed by atoms with Gasteiger partial charge in [0.15, 0.2) is 0 Å². The Morgan fingerprint density at radius 2 is 2.15 bits per heavy atom. The van der Waals surface area contributed by atoms with E-state index in [1.54, 1.807) is 5.57 Å². The van der Waals surface area contributed by atoms with Crippen LogP contribution in [0, 0.1) is 11.3 Å². The summed E-state index contributed by atoms with van der Waals surface area (Å²) in [5.41, 5.74) is 4.77. The number of hydrogen-bond donors (Lipinski definition) is 2. The van der Waals surface area contributed by atoms with Crippen molar-refractivity contribution in [2.45, 2.75) is 70.6 Å². The van der Waals surface area contributed by atoms with Gasteiger partial charge in [0.05, 0.1) is 12.7 Å². The molecular weight excluding hydrogens is 339 g/mol. The van der Waals surface area contributed by atoms with E-state index in [4.69, 9.17) is 5.11 Å². The molecule has 0 spiro atoms. The maximum Gasteiger partial charge on any atom is 0.107 e. The highest BCUT2D eigenvalue weighted by atomic mass is 19.1. The molecule has 3 rings (SSSR count). The minimum absolute atomic E-state index is 0.111. The quantitative estimate of drug-likeness (QED) is 0.638. The van der Waals surface area contributed by atoms with Gasteiger partial charge in [-0.3, -0.25) is 0 Å². The van der Waals surface area contributed by atoms with Crippen LogP contribution in [0.25, 0.3) is 0 Å². The summed E-state index contributed by atoms with van der Waals surface area (Å²) in [6.45, 7) is 6.47. The summed E-state index contributed by atoms with van der Waals surface area (Å²) in [5.74, 6) is 0.530. The van der Waals surface area contributed by atoms with Crippen molar-refractivity contribution in [1.29, 1.82) is 0 Å². The SMILES string of the molecule is C=C1/C(=C/C=C2/CCCC3(C)C(CC/C=C/CO)=CCC23)CC(F)CC1O. The van der Waals surface area contributed by atoms with E-state index in [0.29, 0.717) is 17.9 Å². The summed E-state index contributed by atoms with van der Waals surface area (Å²) in [6, 6.07) is 0. The topological polar surface area (TPSA) is 40.5 Å². The Kier molecular flexibility index (Phi) is 6.54. The van der Waals surface area contributed by atoms with E-state index in [2.05, 4.69) is 31.7 Å². The highest BCUT2D eigenvalue weighted by molar-refractivity contribution is 5.40. The minimum atomic E-state index is -0.974. The molecule has 0 radical (unpaired) electrons. The predicted octanol–water partition coefficient (Wildman–Crippen LogP) is 5.35. The molecule has 3 aliphatic carbocycles. The van der Waals surface area contributed by atoms with Crippen LogP contribution >= 0.6 is 0 Å². The van der Waals surface area contributed by atoms with Crippen LogP contribution in [0.1, 0.15) is 58.3 Å². The predicted molar refractivity (Wildman–Crippen MR) is 109 cm³/mol. The third-order valence-corrected chi connectivity index (χ3v) is 6.80. The zero-order valence-electron chi connectivity index (χ0n) is 16.5. The van der Waals surface area contributed by atoms with Gasteiger partial charge in [-0.25, -0.2) is 4.39 Å². The Hall–Kier alpha value is -1.45. The van der Waals surface area contributed by atoms with Crippen LogP contribution in [0.2, 0.25) is 0 Å². The Labute approximate surface area is 162 Å². The first kappa shape index (κ1) is 20.3. The molecule has 2 nitrogen and oxygen atoms in total. The van der Waals surface area contributed by atoms with Crippen molar-refractivity contribution in [3.05, 3.63) is 59.3 Å². The second-order valence-electron chi connectivity index (χ2n) is 8.49. The van der Waals surface area contributed by atoms with Crippen molar-refractivity contribution in [2.75, 3.05) is 6.61 Å². The van der Waals surface area contributed by atoms with Gasteiger partial charge in [-0.1, -0.05) is 55.0 Å². The number of rotatable bonds is 5. The number of aliphatic hydroxyl groups excluding tert-OH is 2. The van der Waals surface area contributed by atoms with E-state index < -0.39 is 12.3 Å². The number of allylic oxidation sites excluding steroid dienone is 6. The van der Waals surface area contributed by atoms with Crippen molar-refractivity contribution in [1.82, 2.24) is 0 Å². The monoisotopic (exact) mass is 372 g/mol. The number of hydrogen-bond acceptors (Lipinski definition) is 2. The molecule has 0 aromatic carbocycles. The molecule has 2 N–H and O–H groups in total. The molecule has 0 heterocycles. The van der Waals surface area contributed by atoms with Crippen LogP contribution in [-0.4, -0.2) is 29.1 Å². The van der Waals surface area contributed by atoms with Crippen LogP contribution < -0.4 is 0 Å². The highest BCUT2D eigenvalue weighted by Crippen LogP contribution is 2.55. The van der Waals surface area contributed by atoms with Gasteiger partial charge in [0.1, 0.15) is 6.17 Å². The summed E-state index contributed by atoms with van der Waals surface area (Å²) in [7, 11) is 0. The molecule has 0 aromatic rings. The zero-order valence-corrected chi connectivity index (χ0v) is 16.5. The van der Waals surface area contributed by atoms with E-state index in [0.717, 1.165) is 31.3 Å². The van der Waals surface area contributed by atoms with Crippen LogP contribution in [0.3, 0.4) is 0 Å². The van der Waals surface area contributed by atoms with Gasteiger partial charge >= 0.3 is 0 Å². The molecule has 4 atom stereocenters. The number of fused-ring (bicyclic) bond motifs is 1. The molecule has 0 saturated heterocycles. The van der Waals surface area contributed by atoms with E-state index in [1.165, 1.54) is 18.4 Å². The third-order valence-electron chi connectivity index (χ3n) is 6.80. The Balaban J connectivity index is 1.73. The van der Waals surface area contributed by atoms with Gasteiger partial charge in [0, 0.05) is 12.8 Å². The average Bonchev–Trinajstić information content (AvgIpc) is 2.97. The normalized spacial score (nSPS) is 37.3. The first-order valence-electron chi connectivity index (χ1n) is 10.3. The van der Waals surface area contributed by atoms with Crippen molar-refractivity contribution in [3.8, 4) is 0 Å². The molecule has 0 aromatic heterocycles. The van der Waals surface area contributed by atoms with Crippen molar-refractivity contribution < 1.29 is 14.6 Å². The Bertz CT molecular complexity index is 684. The molecule has 0 aliphatic heterocycles. The second kappa shape index (κ2) is 8.70. The lowest BCUT2D eigenvalue weighted by Gasteiger charge is -2.41. The zero-order chi connectivity index (χ0) is 19.4. The lowest BCUT2D eigenvalue weighted by atomic mass is 9.63. The fraction of sp³-hybridized carbons (Fsp3) is 0.583. The van der Waals surface area contributed by atoms with Crippen LogP contribution in [0.5, 0.6) is 0 Å². The molecule has 2 fully saturated rings. The first-order valence-corrected chi connectivity index (χ1v) is 10.3. The maximum atomic E-state index is 13.8. The molecule has 3 aliphatic rings. The van der Waals surface area contributed by atoms with E-state index in [1.807, 2.05) is 12.2 Å². The molecule has 27 heavy (non-hydrogen) atoms. The molecule has 4 unspecified atom stereocenters. The molecular formula is C24H33FO2. The van der Waals surface area contributed by atoms with Crippen molar-refractivity contribution in [3.63, 3.8) is 0 Å². The summed E-state index contributed by atoms with van der Waals surface area (Å²) in [6.07, 6.45) is 15.9. The maximum absolute atomic E-state index is 13.8. The standard InChI is InChI=1S/C24H33FO2/c1-17-19(15-21(25)16-23(17)27)10-9-18-7-6-13-24(2)20(11-12-22(18)24)8-4-3-5-14-26/h3,5,9-11,21-23,26-27H,1,4,6-8,12-16H2,2H3/b5-3+,18-9-,19-10+. The summed E-state index contributed by atoms with van der Waals surface area (Å²) < 4.78 is 13.8. The molecule has 148 valence electrons. The second-order valence-corrected chi connectivity index (χ2v) is 8.49. The largest absolute Gasteiger partial charge is 0.392 e. The van der Waals surface area contributed by atoms with Gasteiger partial charge in [-0.05, 0) is 61.0 Å². The van der Waals surface area contributed by atoms with Crippen LogP contribution in [-0.2, 0) is 0 Å². The molecule has 3 heteroatoms. The Morgan fingerprint density at radius 1 is 1.33 bits per heavy atom. The first-order chi connectivity index (χ1) is 13.0. The van der Waals surface area contributed by atoms with Gasteiger partial charge < -0.3 is 10.2 Å². The fourth-order valence-electron chi connectivity index (χ4n) is 5.16. The van der Waals surface area contributed by atoms with Gasteiger partial charge in [0.2, 0.25) is 0 Å². The van der Waals surface area contributed by atoms with E-state index in [-0.39, 0.29) is 18.4 Å².